The Morgan fingerprint density at radius 1 is 0.556 bits per heavy atom. The first kappa shape index (κ1) is 28.3. The van der Waals surface area contributed by atoms with Crippen LogP contribution in [0.25, 0.3) is 10.8 Å². The molecule has 200 valence electrons. The third-order valence-electron chi connectivity index (χ3n) is 6.49. The minimum atomic E-state index is -1.36. The van der Waals surface area contributed by atoms with Crippen molar-refractivity contribution in [2.45, 2.75) is 69.5 Å². The van der Waals surface area contributed by atoms with Crippen LogP contribution in [0.2, 0.25) is 0 Å². The van der Waals surface area contributed by atoms with Gasteiger partial charge in [0.15, 0.2) is 0 Å². The van der Waals surface area contributed by atoms with E-state index in [2.05, 4.69) is 0 Å². The van der Waals surface area contributed by atoms with Crippen LogP contribution in [0.15, 0.2) is 36.4 Å². The van der Waals surface area contributed by atoms with Crippen LogP contribution >= 0.6 is 0 Å². The van der Waals surface area contributed by atoms with Crippen molar-refractivity contribution >= 4 is 40.7 Å². The van der Waals surface area contributed by atoms with Gasteiger partial charge < -0.3 is 0 Å². The molecule has 2 aromatic rings. The molecule has 0 bridgehead atoms. The van der Waals surface area contributed by atoms with Crippen molar-refractivity contribution in [2.24, 2.45) is 0 Å². The maximum absolute atomic E-state index is 10.3. The van der Waals surface area contributed by atoms with Gasteiger partial charge >= 0.3 is 221 Å². The molecule has 0 spiro atoms. The molecule has 0 aromatic heterocycles. The van der Waals surface area contributed by atoms with Crippen LogP contribution in [0.4, 0.5) is 0 Å². The van der Waals surface area contributed by atoms with E-state index in [9.17, 15) is 40.9 Å². The van der Waals surface area contributed by atoms with E-state index in [4.69, 9.17) is 9.47 Å². The van der Waals surface area contributed by atoms with Crippen molar-refractivity contribution in [2.75, 3.05) is 13.2 Å². The molecule has 2 aliphatic rings. The van der Waals surface area contributed by atoms with E-state index in [0.29, 0.717) is 10.6 Å². The fraction of sp³-hybridized carbons (Fsp3) is 0.583. The Hall–Kier alpha value is -0.661. The van der Waals surface area contributed by atoms with Crippen LogP contribution in [-0.2, 0) is 20.1 Å². The average molecular weight is 638 g/mol. The van der Waals surface area contributed by atoms with Crippen LogP contribution < -0.4 is 0 Å². The van der Waals surface area contributed by atoms with E-state index in [0.717, 1.165) is 21.9 Å². The molecular weight excluding hydrogens is 606 g/mol. The zero-order valence-electron chi connectivity index (χ0n) is 19.3. The number of benzene rings is 2. The molecule has 12 heteroatoms. The van der Waals surface area contributed by atoms with Crippen molar-refractivity contribution in [3.8, 4) is 0 Å². The third kappa shape index (κ3) is 6.14. The van der Waals surface area contributed by atoms with Crippen molar-refractivity contribution in [1.29, 1.82) is 0 Å². The molecular formula is C24H32O10Se2. The number of ether oxygens (including phenoxy) is 2. The van der Waals surface area contributed by atoms with Gasteiger partial charge in [0.2, 0.25) is 0 Å². The zero-order chi connectivity index (χ0) is 26.0. The summed E-state index contributed by atoms with van der Waals surface area (Å²) in [5.74, 6) is 0. The standard InChI is InChI=1S/C24H32O10Se2/c25-7-15-17(27)19(29)21(31)23(33-15)35-9-11-1-3-13-6-12(2-4-14(13)5-11)10-36-24-22(32)20(30)18(28)16(8-26)34-24/h1-6,15-32H,7-10H2/t15-,16-,17+,18+,19+,20+,21-,22-,23+,24?/m1/s1. The summed E-state index contributed by atoms with van der Waals surface area (Å²) in [6.45, 7) is -0.874. The number of hydrogen-bond donors (Lipinski definition) is 8. The van der Waals surface area contributed by atoms with Gasteiger partial charge in [0.1, 0.15) is 0 Å². The van der Waals surface area contributed by atoms with Gasteiger partial charge in [-0.2, -0.15) is 0 Å². The zero-order valence-corrected chi connectivity index (χ0v) is 22.7. The number of hydrogen-bond acceptors (Lipinski definition) is 10. The topological polar surface area (TPSA) is 180 Å². The van der Waals surface area contributed by atoms with Crippen molar-refractivity contribution < 1.29 is 50.3 Å². The fourth-order valence-electron chi connectivity index (χ4n) is 4.29. The normalized spacial score (nSPS) is 37.3. The van der Waals surface area contributed by atoms with Gasteiger partial charge in [0, 0.05) is 0 Å². The molecule has 8 N–H and O–H groups in total. The van der Waals surface area contributed by atoms with Gasteiger partial charge in [-0.1, -0.05) is 0 Å². The molecule has 0 amide bonds. The van der Waals surface area contributed by atoms with E-state index in [1.807, 2.05) is 36.4 Å². The average Bonchev–Trinajstić information content (AvgIpc) is 2.89. The SMILES string of the molecule is OC[C@H]1O[C@@H]([Se]Cc2ccc3cc(C[Se]C4O[C@H](CO)[C@H](O)[C@H](O)[C@H]4O)ccc3c2)[C@H](O)[C@@H](O)[C@H]1O. The van der Waals surface area contributed by atoms with Crippen LogP contribution in [0.3, 0.4) is 0 Å². The number of fused-ring (bicyclic) bond motifs is 1. The summed E-state index contributed by atoms with van der Waals surface area (Å²) in [4.78, 5) is 0. The van der Waals surface area contributed by atoms with Gasteiger partial charge in [0.05, 0.1) is 0 Å². The first-order chi connectivity index (χ1) is 17.2. The van der Waals surface area contributed by atoms with E-state index < -0.39 is 72.1 Å². The fourth-order valence-corrected chi connectivity index (χ4v) is 8.97. The molecule has 1 unspecified atom stereocenters. The van der Waals surface area contributed by atoms with E-state index in [1.165, 1.54) is 0 Å². The van der Waals surface area contributed by atoms with Gasteiger partial charge in [-0.15, -0.1) is 0 Å². The Kier molecular flexibility index (Phi) is 9.81. The molecule has 0 radical (unpaired) electrons. The monoisotopic (exact) mass is 640 g/mol. The molecule has 0 aliphatic carbocycles. The van der Waals surface area contributed by atoms with E-state index in [-0.39, 0.29) is 29.9 Å². The van der Waals surface area contributed by atoms with Crippen LogP contribution in [0.5, 0.6) is 0 Å². The van der Waals surface area contributed by atoms with Crippen LogP contribution in [0.1, 0.15) is 11.1 Å². The molecule has 2 heterocycles. The Bertz CT molecular complexity index is 929. The second-order valence-electron chi connectivity index (χ2n) is 9.03. The first-order valence-electron chi connectivity index (χ1n) is 11.6. The van der Waals surface area contributed by atoms with Crippen LogP contribution in [0, 0.1) is 0 Å². The summed E-state index contributed by atoms with van der Waals surface area (Å²) < 4.78 is 11.2. The second kappa shape index (κ2) is 12.5. The molecule has 10 atom stereocenters. The number of aliphatic hydroxyl groups is 8. The number of aliphatic hydroxyl groups excluding tert-OH is 8. The van der Waals surface area contributed by atoms with E-state index >= 15 is 0 Å². The minimum absolute atomic E-state index is 0.241. The van der Waals surface area contributed by atoms with Crippen molar-refractivity contribution in [3.63, 3.8) is 0 Å². The molecule has 10 nitrogen and oxygen atoms in total. The second-order valence-corrected chi connectivity index (χ2v) is 13.6. The summed E-state index contributed by atoms with van der Waals surface area (Å²) in [7, 11) is 0. The Balaban J connectivity index is 1.36. The predicted octanol–water partition coefficient (Wildman–Crippen LogP) is -3.15. The first-order valence-corrected chi connectivity index (χ1v) is 16.0. The molecule has 36 heavy (non-hydrogen) atoms. The molecule has 2 saturated heterocycles. The molecule has 2 aromatic carbocycles. The van der Waals surface area contributed by atoms with Gasteiger partial charge in [-0.25, -0.2) is 0 Å². The predicted molar refractivity (Wildman–Crippen MR) is 130 cm³/mol. The summed E-state index contributed by atoms with van der Waals surface area (Å²) in [6.07, 6.45) is -9.63. The summed E-state index contributed by atoms with van der Waals surface area (Å²) >= 11 is -0.481. The molecule has 2 aliphatic heterocycles. The summed E-state index contributed by atoms with van der Waals surface area (Å²) in [5.41, 5.74) is 2.08. The van der Waals surface area contributed by atoms with Gasteiger partial charge in [-0.3, -0.25) is 0 Å². The molecule has 4 rings (SSSR count). The van der Waals surface area contributed by atoms with Crippen molar-refractivity contribution in [1.82, 2.24) is 0 Å². The third-order valence-corrected chi connectivity index (χ3v) is 11.6. The maximum atomic E-state index is 10.3. The van der Waals surface area contributed by atoms with Crippen molar-refractivity contribution in [3.05, 3.63) is 47.5 Å². The summed E-state index contributed by atoms with van der Waals surface area (Å²) in [5, 5.41) is 81.1. The molecule has 0 saturated carbocycles. The van der Waals surface area contributed by atoms with Gasteiger partial charge in [0.25, 0.3) is 0 Å². The van der Waals surface area contributed by atoms with Crippen LogP contribution in [-0.4, -0.2) is 143 Å². The number of rotatable bonds is 8. The van der Waals surface area contributed by atoms with Gasteiger partial charge in [-0.05, 0) is 0 Å². The Morgan fingerprint density at radius 2 is 0.944 bits per heavy atom. The quantitative estimate of drug-likeness (QED) is 0.138. The Morgan fingerprint density at radius 3 is 1.31 bits per heavy atom. The van der Waals surface area contributed by atoms with E-state index in [1.54, 1.807) is 0 Å². The Labute approximate surface area is 220 Å². The molecule has 2 fully saturated rings. The summed E-state index contributed by atoms with van der Waals surface area (Å²) in [6, 6.07) is 12.1.